The van der Waals surface area contributed by atoms with Gasteiger partial charge in [-0.25, -0.2) is 0 Å². The van der Waals surface area contributed by atoms with Crippen molar-refractivity contribution >= 4 is 5.97 Å². The lowest BCUT2D eigenvalue weighted by Gasteiger charge is -1.99. The molecule has 0 amide bonds. The average molecular weight is 320 g/mol. The summed E-state index contributed by atoms with van der Waals surface area (Å²) in [5, 5.41) is 18.2. The zero-order valence-electron chi connectivity index (χ0n) is 14.4. The number of aliphatic carboxylic acids is 1. The van der Waals surface area contributed by atoms with Crippen LogP contribution < -0.4 is 0 Å². The number of aliphatic hydroxyl groups is 1. The van der Waals surface area contributed by atoms with Gasteiger partial charge in [0.2, 0.25) is 0 Å². The van der Waals surface area contributed by atoms with E-state index >= 15 is 0 Å². The first-order chi connectivity index (χ1) is 11.2. The fourth-order valence-corrected chi connectivity index (χ4v) is 1.96. The molecule has 2 N–H and O–H groups in total. The summed E-state index contributed by atoms with van der Waals surface area (Å²) in [7, 11) is 0. The molecule has 0 aliphatic rings. The van der Waals surface area contributed by atoms with E-state index in [2.05, 4.69) is 25.2 Å². The summed E-state index contributed by atoms with van der Waals surface area (Å²) in [6, 6.07) is 0. The van der Waals surface area contributed by atoms with Gasteiger partial charge in [-0.1, -0.05) is 68.4 Å². The number of aliphatic hydroxyl groups excluding tert-OH is 1. The first-order valence-corrected chi connectivity index (χ1v) is 8.70. The number of hydrogen-bond donors (Lipinski definition) is 2. The molecule has 0 aromatic rings. The maximum absolute atomic E-state index is 10.3. The zero-order valence-corrected chi connectivity index (χ0v) is 14.4. The van der Waals surface area contributed by atoms with Crippen LogP contribution in [0.4, 0.5) is 0 Å². The minimum Gasteiger partial charge on any atom is -0.481 e. The van der Waals surface area contributed by atoms with Gasteiger partial charge >= 0.3 is 5.97 Å². The van der Waals surface area contributed by atoms with E-state index in [4.69, 9.17) is 5.11 Å². The topological polar surface area (TPSA) is 57.5 Å². The van der Waals surface area contributed by atoms with Crippen molar-refractivity contribution in [2.45, 2.75) is 70.8 Å². The van der Waals surface area contributed by atoms with Crippen molar-refractivity contribution in [3.8, 4) is 0 Å². The number of carbonyl (C=O) groups is 1. The molecule has 0 saturated carbocycles. The van der Waals surface area contributed by atoms with Crippen LogP contribution in [0.25, 0.3) is 0 Å². The lowest BCUT2D eigenvalue weighted by molar-refractivity contribution is -0.137. The Morgan fingerprint density at radius 1 is 0.957 bits per heavy atom. The molecule has 23 heavy (non-hydrogen) atoms. The van der Waals surface area contributed by atoms with Crippen molar-refractivity contribution in [3.05, 3.63) is 48.6 Å². The highest BCUT2D eigenvalue weighted by atomic mass is 16.4. The Morgan fingerprint density at radius 3 is 2.43 bits per heavy atom. The molecule has 0 aliphatic heterocycles. The molecule has 0 aromatic carbocycles. The van der Waals surface area contributed by atoms with Gasteiger partial charge in [0.05, 0.1) is 6.10 Å². The molecule has 130 valence electrons. The first kappa shape index (κ1) is 21.4. The molecular formula is C20H32O3. The van der Waals surface area contributed by atoms with Gasteiger partial charge in [0.25, 0.3) is 0 Å². The molecule has 0 aliphatic carbocycles. The van der Waals surface area contributed by atoms with Crippen LogP contribution >= 0.6 is 0 Å². The third kappa shape index (κ3) is 18.3. The summed E-state index contributed by atoms with van der Waals surface area (Å²) in [6.45, 7) is 2.21. The van der Waals surface area contributed by atoms with Crippen LogP contribution in [0.15, 0.2) is 48.6 Å². The summed E-state index contributed by atoms with van der Waals surface area (Å²) < 4.78 is 0. The minimum absolute atomic E-state index is 0.199. The van der Waals surface area contributed by atoms with E-state index in [1.807, 2.05) is 24.3 Å². The molecule has 0 bridgehead atoms. The highest BCUT2D eigenvalue weighted by Gasteiger charge is 1.95. The fourth-order valence-electron chi connectivity index (χ4n) is 1.96. The number of rotatable bonds is 14. The summed E-state index contributed by atoms with van der Waals surface area (Å²) in [4.78, 5) is 10.3. The molecule has 3 nitrogen and oxygen atoms in total. The lowest BCUT2D eigenvalue weighted by atomic mass is 10.2. The Bertz CT molecular complexity index is 392. The van der Waals surface area contributed by atoms with E-state index in [1.54, 1.807) is 6.08 Å². The van der Waals surface area contributed by atoms with E-state index in [9.17, 15) is 9.90 Å². The van der Waals surface area contributed by atoms with E-state index < -0.39 is 12.1 Å². The van der Waals surface area contributed by atoms with Gasteiger partial charge in [-0.05, 0) is 38.5 Å². The predicted octanol–water partition coefficient (Wildman–Crippen LogP) is 5.19. The molecular weight excluding hydrogens is 288 g/mol. The van der Waals surface area contributed by atoms with Crippen molar-refractivity contribution < 1.29 is 15.0 Å². The van der Waals surface area contributed by atoms with Crippen molar-refractivity contribution in [1.29, 1.82) is 0 Å². The molecule has 0 unspecified atom stereocenters. The molecule has 0 rings (SSSR count). The Labute approximate surface area is 141 Å². The lowest BCUT2D eigenvalue weighted by Crippen LogP contribution is -1.98. The monoisotopic (exact) mass is 320 g/mol. The fraction of sp³-hybridized carbons (Fsp3) is 0.550. The Balaban J connectivity index is 3.63. The van der Waals surface area contributed by atoms with E-state index in [1.165, 1.54) is 19.3 Å². The Hall–Kier alpha value is -1.61. The normalized spacial score (nSPS) is 13.8. The third-order valence-corrected chi connectivity index (χ3v) is 3.30. The SMILES string of the molecule is CCCCCC=CCC=CC=C[C@@H](O)CC=CCCCC(=O)O. The second-order valence-corrected chi connectivity index (χ2v) is 5.58. The third-order valence-electron chi connectivity index (χ3n) is 3.30. The zero-order chi connectivity index (χ0) is 17.2. The second kappa shape index (κ2) is 16.8. The van der Waals surface area contributed by atoms with Crippen LogP contribution in [0, 0.1) is 0 Å². The molecule has 0 fully saturated rings. The van der Waals surface area contributed by atoms with E-state index in [0.717, 1.165) is 19.3 Å². The molecule has 0 heterocycles. The smallest absolute Gasteiger partial charge is 0.303 e. The van der Waals surface area contributed by atoms with Crippen molar-refractivity contribution in [3.63, 3.8) is 0 Å². The van der Waals surface area contributed by atoms with Gasteiger partial charge in [0, 0.05) is 6.42 Å². The summed E-state index contributed by atoms with van der Waals surface area (Å²) >= 11 is 0. The van der Waals surface area contributed by atoms with E-state index in [-0.39, 0.29) is 6.42 Å². The molecule has 0 spiro atoms. The highest BCUT2D eigenvalue weighted by Crippen LogP contribution is 2.02. The van der Waals surface area contributed by atoms with Crippen LogP contribution in [0.3, 0.4) is 0 Å². The van der Waals surface area contributed by atoms with Crippen LogP contribution in [0.1, 0.15) is 64.7 Å². The number of allylic oxidation sites excluding steroid dienone is 6. The van der Waals surface area contributed by atoms with Gasteiger partial charge in [-0.2, -0.15) is 0 Å². The summed E-state index contributed by atoms with van der Waals surface area (Å²) in [6.07, 6.45) is 23.5. The number of unbranched alkanes of at least 4 members (excludes halogenated alkanes) is 4. The Kier molecular flexibility index (Phi) is 15.6. The Morgan fingerprint density at radius 2 is 1.70 bits per heavy atom. The molecule has 3 heteroatoms. The largest absolute Gasteiger partial charge is 0.481 e. The first-order valence-electron chi connectivity index (χ1n) is 8.70. The van der Waals surface area contributed by atoms with Gasteiger partial charge in [-0.15, -0.1) is 0 Å². The quantitative estimate of drug-likeness (QED) is 0.263. The van der Waals surface area contributed by atoms with Gasteiger partial charge in [0.1, 0.15) is 0 Å². The van der Waals surface area contributed by atoms with E-state index in [0.29, 0.717) is 12.8 Å². The van der Waals surface area contributed by atoms with Crippen molar-refractivity contribution in [2.24, 2.45) is 0 Å². The standard InChI is InChI=1S/C20H32O3/c1-2-3-4-5-6-7-8-9-10-13-16-19(21)17-14-11-12-15-18-20(22)23/h6-7,9-11,13-14,16,19,21H,2-5,8,12,15,17-18H2,1H3,(H,22,23)/t19-/m1/s1. The summed E-state index contributed by atoms with van der Waals surface area (Å²) in [5.41, 5.74) is 0. The average Bonchev–Trinajstić information content (AvgIpc) is 2.52. The molecule has 0 saturated heterocycles. The molecule has 0 radical (unpaired) electrons. The second-order valence-electron chi connectivity index (χ2n) is 5.58. The number of hydrogen-bond acceptors (Lipinski definition) is 2. The maximum atomic E-state index is 10.3. The van der Waals surface area contributed by atoms with Gasteiger partial charge in [-0.3, -0.25) is 4.79 Å². The predicted molar refractivity (Wildman–Crippen MR) is 97.4 cm³/mol. The number of carboxylic acids is 1. The van der Waals surface area contributed by atoms with Crippen LogP contribution in [0.5, 0.6) is 0 Å². The highest BCUT2D eigenvalue weighted by molar-refractivity contribution is 5.66. The van der Waals surface area contributed by atoms with Crippen LogP contribution in [-0.2, 0) is 4.79 Å². The van der Waals surface area contributed by atoms with Crippen LogP contribution in [0.2, 0.25) is 0 Å². The number of carboxylic acid groups (broad SMARTS) is 1. The van der Waals surface area contributed by atoms with Crippen LogP contribution in [-0.4, -0.2) is 22.3 Å². The molecule has 0 aromatic heterocycles. The van der Waals surface area contributed by atoms with Crippen molar-refractivity contribution in [2.75, 3.05) is 0 Å². The van der Waals surface area contributed by atoms with Gasteiger partial charge < -0.3 is 10.2 Å². The van der Waals surface area contributed by atoms with Crippen molar-refractivity contribution in [1.82, 2.24) is 0 Å². The molecule has 1 atom stereocenters. The van der Waals surface area contributed by atoms with Gasteiger partial charge in [0.15, 0.2) is 0 Å². The minimum atomic E-state index is -0.760. The summed E-state index contributed by atoms with van der Waals surface area (Å²) in [5.74, 6) is -0.760. The maximum Gasteiger partial charge on any atom is 0.303 e.